The molecule has 0 spiro atoms. The molecule has 19 heavy (non-hydrogen) atoms. The second-order valence-corrected chi connectivity index (χ2v) is 4.13. The SMILES string of the molecule is CCOc1ccccc1NCc1cccc(OC)c1. The first-order valence-corrected chi connectivity index (χ1v) is 6.42. The van der Waals surface area contributed by atoms with Gasteiger partial charge in [-0.2, -0.15) is 0 Å². The van der Waals surface area contributed by atoms with Crippen molar-refractivity contribution in [2.24, 2.45) is 0 Å². The van der Waals surface area contributed by atoms with Crippen molar-refractivity contribution in [3.05, 3.63) is 54.1 Å². The zero-order valence-corrected chi connectivity index (χ0v) is 11.3. The molecule has 0 aliphatic rings. The average molecular weight is 257 g/mol. The van der Waals surface area contributed by atoms with Crippen molar-refractivity contribution >= 4 is 5.69 Å². The second-order valence-electron chi connectivity index (χ2n) is 4.13. The molecule has 0 amide bonds. The van der Waals surface area contributed by atoms with E-state index in [-0.39, 0.29) is 0 Å². The van der Waals surface area contributed by atoms with E-state index in [1.807, 2.05) is 49.4 Å². The van der Waals surface area contributed by atoms with Crippen LogP contribution in [0, 0.1) is 0 Å². The van der Waals surface area contributed by atoms with Gasteiger partial charge < -0.3 is 14.8 Å². The first kappa shape index (κ1) is 13.3. The summed E-state index contributed by atoms with van der Waals surface area (Å²) in [5, 5.41) is 3.39. The number of nitrogens with one attached hydrogen (secondary N) is 1. The largest absolute Gasteiger partial charge is 0.497 e. The van der Waals surface area contributed by atoms with Gasteiger partial charge in [-0.05, 0) is 36.8 Å². The molecule has 0 radical (unpaired) electrons. The molecule has 2 aromatic rings. The maximum Gasteiger partial charge on any atom is 0.142 e. The van der Waals surface area contributed by atoms with Crippen molar-refractivity contribution in [1.29, 1.82) is 0 Å². The fraction of sp³-hybridized carbons (Fsp3) is 0.250. The van der Waals surface area contributed by atoms with Gasteiger partial charge in [-0.3, -0.25) is 0 Å². The van der Waals surface area contributed by atoms with Gasteiger partial charge in [0, 0.05) is 6.54 Å². The lowest BCUT2D eigenvalue weighted by Gasteiger charge is -2.12. The number of para-hydroxylation sites is 2. The quantitative estimate of drug-likeness (QED) is 0.855. The molecule has 1 N–H and O–H groups in total. The summed E-state index contributed by atoms with van der Waals surface area (Å²) in [4.78, 5) is 0. The molecular weight excluding hydrogens is 238 g/mol. The van der Waals surface area contributed by atoms with Gasteiger partial charge in [-0.25, -0.2) is 0 Å². The molecule has 0 atom stereocenters. The third kappa shape index (κ3) is 3.65. The molecule has 0 aromatic heterocycles. The summed E-state index contributed by atoms with van der Waals surface area (Å²) >= 11 is 0. The van der Waals surface area contributed by atoms with Crippen LogP contribution in [-0.2, 0) is 6.54 Å². The van der Waals surface area contributed by atoms with Gasteiger partial charge in [0.05, 0.1) is 19.4 Å². The molecule has 0 aliphatic carbocycles. The third-order valence-corrected chi connectivity index (χ3v) is 2.80. The standard InChI is InChI=1S/C16H19NO2/c1-3-19-16-10-5-4-9-15(16)17-12-13-7-6-8-14(11-13)18-2/h4-11,17H,3,12H2,1-2H3. The predicted octanol–water partition coefficient (Wildman–Crippen LogP) is 3.71. The van der Waals surface area contributed by atoms with E-state index in [1.54, 1.807) is 7.11 Å². The van der Waals surface area contributed by atoms with Crippen molar-refractivity contribution < 1.29 is 9.47 Å². The number of hydrogen-bond donors (Lipinski definition) is 1. The minimum atomic E-state index is 0.665. The van der Waals surface area contributed by atoms with Crippen LogP contribution in [0.5, 0.6) is 11.5 Å². The Morgan fingerprint density at radius 1 is 1.05 bits per heavy atom. The van der Waals surface area contributed by atoms with Crippen molar-refractivity contribution in [3.8, 4) is 11.5 Å². The van der Waals surface area contributed by atoms with Crippen molar-refractivity contribution in [2.75, 3.05) is 19.0 Å². The highest BCUT2D eigenvalue weighted by Crippen LogP contribution is 2.24. The van der Waals surface area contributed by atoms with E-state index in [2.05, 4.69) is 11.4 Å². The van der Waals surface area contributed by atoms with Crippen LogP contribution in [0.15, 0.2) is 48.5 Å². The van der Waals surface area contributed by atoms with Crippen LogP contribution in [0.1, 0.15) is 12.5 Å². The summed E-state index contributed by atoms with van der Waals surface area (Å²) in [7, 11) is 1.68. The highest BCUT2D eigenvalue weighted by molar-refractivity contribution is 5.56. The summed E-state index contributed by atoms with van der Waals surface area (Å²) in [5.41, 5.74) is 2.18. The van der Waals surface area contributed by atoms with E-state index in [9.17, 15) is 0 Å². The number of anilines is 1. The molecule has 0 fully saturated rings. The minimum absolute atomic E-state index is 0.665. The van der Waals surface area contributed by atoms with Gasteiger partial charge in [0.25, 0.3) is 0 Å². The van der Waals surface area contributed by atoms with Crippen LogP contribution in [0.2, 0.25) is 0 Å². The molecule has 3 nitrogen and oxygen atoms in total. The third-order valence-electron chi connectivity index (χ3n) is 2.80. The van der Waals surface area contributed by atoms with Crippen LogP contribution in [0.3, 0.4) is 0 Å². The van der Waals surface area contributed by atoms with Crippen LogP contribution >= 0.6 is 0 Å². The number of methoxy groups -OCH3 is 1. The second kappa shape index (κ2) is 6.69. The topological polar surface area (TPSA) is 30.5 Å². The Hall–Kier alpha value is -2.16. The Morgan fingerprint density at radius 2 is 1.89 bits per heavy atom. The van der Waals surface area contributed by atoms with Crippen molar-refractivity contribution in [1.82, 2.24) is 0 Å². The maximum atomic E-state index is 5.58. The Labute approximate surface area is 114 Å². The maximum absolute atomic E-state index is 5.58. The van der Waals surface area contributed by atoms with E-state index in [1.165, 1.54) is 5.56 Å². The lowest BCUT2D eigenvalue weighted by Crippen LogP contribution is -2.02. The van der Waals surface area contributed by atoms with E-state index < -0.39 is 0 Å². The van der Waals surface area contributed by atoms with Crippen LogP contribution in [0.25, 0.3) is 0 Å². The van der Waals surface area contributed by atoms with Gasteiger partial charge in [0.1, 0.15) is 11.5 Å². The molecule has 0 aliphatic heterocycles. The molecular formula is C16H19NO2. The fourth-order valence-corrected chi connectivity index (χ4v) is 1.87. The lowest BCUT2D eigenvalue weighted by molar-refractivity contribution is 0.341. The number of benzene rings is 2. The first-order chi connectivity index (χ1) is 9.33. The Kier molecular flexibility index (Phi) is 4.67. The lowest BCUT2D eigenvalue weighted by atomic mass is 10.2. The molecule has 0 bridgehead atoms. The molecule has 0 unspecified atom stereocenters. The molecule has 0 saturated carbocycles. The van der Waals surface area contributed by atoms with Gasteiger partial charge >= 0.3 is 0 Å². The Morgan fingerprint density at radius 3 is 2.68 bits per heavy atom. The van der Waals surface area contributed by atoms with E-state index in [0.717, 1.165) is 23.7 Å². The van der Waals surface area contributed by atoms with E-state index >= 15 is 0 Å². The highest BCUT2D eigenvalue weighted by Gasteiger charge is 2.02. The fourth-order valence-electron chi connectivity index (χ4n) is 1.87. The summed E-state index contributed by atoms with van der Waals surface area (Å²) in [5.74, 6) is 1.75. The summed E-state index contributed by atoms with van der Waals surface area (Å²) in [6.07, 6.45) is 0. The van der Waals surface area contributed by atoms with Gasteiger partial charge in [0.2, 0.25) is 0 Å². The van der Waals surface area contributed by atoms with Crippen LogP contribution in [-0.4, -0.2) is 13.7 Å². The van der Waals surface area contributed by atoms with E-state index in [0.29, 0.717) is 6.61 Å². The number of hydrogen-bond acceptors (Lipinski definition) is 3. The zero-order valence-electron chi connectivity index (χ0n) is 11.3. The normalized spacial score (nSPS) is 10.0. The molecule has 0 heterocycles. The summed E-state index contributed by atoms with van der Waals surface area (Å²) in [6, 6.07) is 16.0. The van der Waals surface area contributed by atoms with Crippen molar-refractivity contribution in [3.63, 3.8) is 0 Å². The highest BCUT2D eigenvalue weighted by atomic mass is 16.5. The summed E-state index contributed by atoms with van der Waals surface area (Å²) in [6.45, 7) is 3.39. The van der Waals surface area contributed by atoms with Crippen LogP contribution < -0.4 is 14.8 Å². The van der Waals surface area contributed by atoms with Crippen molar-refractivity contribution in [2.45, 2.75) is 13.5 Å². The zero-order chi connectivity index (χ0) is 13.5. The average Bonchev–Trinajstić information content (AvgIpc) is 2.47. The monoisotopic (exact) mass is 257 g/mol. The molecule has 2 aromatic carbocycles. The first-order valence-electron chi connectivity index (χ1n) is 6.42. The minimum Gasteiger partial charge on any atom is -0.497 e. The Bertz CT molecular complexity index is 526. The van der Waals surface area contributed by atoms with E-state index in [4.69, 9.17) is 9.47 Å². The van der Waals surface area contributed by atoms with Gasteiger partial charge in [-0.15, -0.1) is 0 Å². The predicted molar refractivity (Wildman–Crippen MR) is 77.9 cm³/mol. The molecule has 100 valence electrons. The molecule has 0 saturated heterocycles. The molecule has 3 heteroatoms. The smallest absolute Gasteiger partial charge is 0.142 e. The van der Waals surface area contributed by atoms with Gasteiger partial charge in [0.15, 0.2) is 0 Å². The Balaban J connectivity index is 2.05. The van der Waals surface area contributed by atoms with Crippen LogP contribution in [0.4, 0.5) is 5.69 Å². The number of rotatable bonds is 6. The van der Waals surface area contributed by atoms with Gasteiger partial charge in [-0.1, -0.05) is 24.3 Å². The molecule has 2 rings (SSSR count). The number of ether oxygens (including phenoxy) is 2. The summed E-state index contributed by atoms with van der Waals surface area (Å²) < 4.78 is 10.8.